The Balaban J connectivity index is 1.88. The fourth-order valence-corrected chi connectivity index (χ4v) is 2.82. The lowest BCUT2D eigenvalue weighted by atomic mass is 10.0. The lowest BCUT2D eigenvalue weighted by molar-refractivity contribution is 0.0939. The van der Waals surface area contributed by atoms with Crippen LogP contribution in [0.2, 0.25) is 0 Å². The molecule has 0 spiro atoms. The highest BCUT2D eigenvalue weighted by Crippen LogP contribution is 2.22. The predicted octanol–water partition coefficient (Wildman–Crippen LogP) is 4.35. The molecular weight excluding hydrogens is 312 g/mol. The third-order valence-corrected chi connectivity index (χ3v) is 4.38. The first kappa shape index (κ1) is 17.0. The average Bonchev–Trinajstić information content (AvgIpc) is 2.61. The molecule has 0 fully saturated rings. The maximum atomic E-state index is 12.7. The van der Waals surface area contributed by atoms with Crippen LogP contribution in [-0.2, 0) is 0 Å². The molecule has 1 aromatic heterocycles. The minimum atomic E-state index is -0.122. The summed E-state index contributed by atoms with van der Waals surface area (Å²) in [6, 6.07) is 15.6. The van der Waals surface area contributed by atoms with Crippen molar-refractivity contribution in [3.63, 3.8) is 0 Å². The van der Waals surface area contributed by atoms with Crippen LogP contribution in [0.1, 0.15) is 40.1 Å². The van der Waals surface area contributed by atoms with E-state index in [1.165, 1.54) is 5.56 Å². The Hall–Kier alpha value is -2.88. The summed E-state index contributed by atoms with van der Waals surface area (Å²) < 4.78 is 5.26. The first-order chi connectivity index (χ1) is 12.0. The van der Waals surface area contributed by atoms with Crippen LogP contribution in [0, 0.1) is 13.8 Å². The van der Waals surface area contributed by atoms with E-state index in [4.69, 9.17) is 4.74 Å². The quantitative estimate of drug-likeness (QED) is 0.771. The molecule has 3 rings (SSSR count). The lowest BCUT2D eigenvalue weighted by Crippen LogP contribution is -2.27. The zero-order chi connectivity index (χ0) is 18.0. The fourth-order valence-electron chi connectivity index (χ4n) is 2.82. The van der Waals surface area contributed by atoms with Gasteiger partial charge in [0.1, 0.15) is 5.75 Å². The van der Waals surface area contributed by atoms with E-state index in [0.717, 1.165) is 22.2 Å². The number of benzene rings is 2. The number of pyridine rings is 1. The largest absolute Gasteiger partial charge is 0.497 e. The summed E-state index contributed by atoms with van der Waals surface area (Å²) >= 11 is 0. The zero-order valence-corrected chi connectivity index (χ0v) is 15.0. The minimum absolute atomic E-state index is 0.0755. The lowest BCUT2D eigenvalue weighted by Gasteiger charge is -2.16. The van der Waals surface area contributed by atoms with E-state index < -0.39 is 0 Å². The van der Waals surface area contributed by atoms with E-state index in [9.17, 15) is 4.79 Å². The number of amides is 1. The first-order valence-corrected chi connectivity index (χ1v) is 8.31. The zero-order valence-electron chi connectivity index (χ0n) is 15.0. The number of rotatable bonds is 4. The SMILES string of the molecule is COc1ccc2nc(C)c(C(=O)NC(C)c3ccc(C)cc3)cc2c1. The number of hydrogen-bond acceptors (Lipinski definition) is 3. The molecule has 1 amide bonds. The summed E-state index contributed by atoms with van der Waals surface area (Å²) in [6.07, 6.45) is 0. The van der Waals surface area contributed by atoms with Crippen molar-refractivity contribution in [3.05, 3.63) is 70.9 Å². The average molecular weight is 334 g/mol. The van der Waals surface area contributed by atoms with Gasteiger partial charge in [-0.2, -0.15) is 0 Å². The Morgan fingerprint density at radius 3 is 2.48 bits per heavy atom. The summed E-state index contributed by atoms with van der Waals surface area (Å²) in [7, 11) is 1.62. The van der Waals surface area contributed by atoms with E-state index in [2.05, 4.69) is 10.3 Å². The highest BCUT2D eigenvalue weighted by Gasteiger charge is 2.15. The van der Waals surface area contributed by atoms with E-state index in [0.29, 0.717) is 11.3 Å². The molecule has 1 atom stereocenters. The topological polar surface area (TPSA) is 51.2 Å². The highest BCUT2D eigenvalue weighted by atomic mass is 16.5. The molecule has 4 nitrogen and oxygen atoms in total. The number of fused-ring (bicyclic) bond motifs is 1. The Labute approximate surface area is 147 Å². The van der Waals surface area contributed by atoms with Crippen LogP contribution in [0.5, 0.6) is 5.75 Å². The van der Waals surface area contributed by atoms with Crippen molar-refractivity contribution in [2.45, 2.75) is 26.8 Å². The third-order valence-electron chi connectivity index (χ3n) is 4.38. The molecule has 0 bridgehead atoms. The van der Waals surface area contributed by atoms with Crippen molar-refractivity contribution in [2.24, 2.45) is 0 Å². The predicted molar refractivity (Wildman–Crippen MR) is 100 cm³/mol. The normalized spacial score (nSPS) is 12.0. The van der Waals surface area contributed by atoms with Gasteiger partial charge in [0.15, 0.2) is 0 Å². The smallest absolute Gasteiger partial charge is 0.253 e. The Morgan fingerprint density at radius 1 is 1.08 bits per heavy atom. The molecule has 0 saturated heterocycles. The van der Waals surface area contributed by atoms with Crippen LogP contribution in [0.3, 0.4) is 0 Å². The Bertz CT molecular complexity index is 917. The van der Waals surface area contributed by atoms with Gasteiger partial charge in [-0.05, 0) is 50.6 Å². The van der Waals surface area contributed by atoms with Crippen molar-refractivity contribution in [1.29, 1.82) is 0 Å². The number of hydrogen-bond donors (Lipinski definition) is 1. The second-order valence-electron chi connectivity index (χ2n) is 6.29. The summed E-state index contributed by atoms with van der Waals surface area (Å²) in [5.41, 5.74) is 4.42. The number of carbonyl (C=O) groups excluding carboxylic acids is 1. The van der Waals surface area contributed by atoms with E-state index >= 15 is 0 Å². The van der Waals surface area contributed by atoms with Gasteiger partial charge in [-0.1, -0.05) is 29.8 Å². The third kappa shape index (κ3) is 3.63. The molecule has 0 aliphatic heterocycles. The summed E-state index contributed by atoms with van der Waals surface area (Å²) in [5.74, 6) is 0.625. The van der Waals surface area contributed by atoms with Gasteiger partial charge >= 0.3 is 0 Å². The molecule has 0 aliphatic carbocycles. The van der Waals surface area contributed by atoms with Crippen LogP contribution in [0.4, 0.5) is 0 Å². The molecule has 0 aliphatic rings. The Morgan fingerprint density at radius 2 is 1.80 bits per heavy atom. The van der Waals surface area contributed by atoms with Crippen LogP contribution < -0.4 is 10.1 Å². The van der Waals surface area contributed by atoms with Gasteiger partial charge in [-0.25, -0.2) is 0 Å². The number of aromatic nitrogens is 1. The summed E-state index contributed by atoms with van der Waals surface area (Å²) in [5, 5.41) is 3.94. The van der Waals surface area contributed by atoms with Gasteiger partial charge in [0.05, 0.1) is 29.9 Å². The van der Waals surface area contributed by atoms with Gasteiger partial charge in [-0.3, -0.25) is 9.78 Å². The number of aryl methyl sites for hydroxylation is 2. The summed E-state index contributed by atoms with van der Waals surface area (Å²) in [4.78, 5) is 17.3. The van der Waals surface area contributed by atoms with Crippen molar-refractivity contribution in [1.82, 2.24) is 10.3 Å². The van der Waals surface area contributed by atoms with E-state index in [1.54, 1.807) is 7.11 Å². The summed E-state index contributed by atoms with van der Waals surface area (Å²) in [6.45, 7) is 5.88. The molecule has 4 heteroatoms. The maximum Gasteiger partial charge on any atom is 0.253 e. The van der Waals surface area contributed by atoms with Crippen molar-refractivity contribution in [2.75, 3.05) is 7.11 Å². The number of ether oxygens (including phenoxy) is 1. The minimum Gasteiger partial charge on any atom is -0.497 e. The molecule has 2 aromatic carbocycles. The molecule has 1 unspecified atom stereocenters. The van der Waals surface area contributed by atoms with Gasteiger partial charge in [0.2, 0.25) is 0 Å². The first-order valence-electron chi connectivity index (χ1n) is 8.31. The van der Waals surface area contributed by atoms with Gasteiger partial charge < -0.3 is 10.1 Å². The molecule has 3 aromatic rings. The van der Waals surface area contributed by atoms with Crippen LogP contribution >= 0.6 is 0 Å². The van der Waals surface area contributed by atoms with Crippen LogP contribution in [0.25, 0.3) is 10.9 Å². The fraction of sp³-hybridized carbons (Fsp3) is 0.238. The number of nitrogens with one attached hydrogen (secondary N) is 1. The maximum absolute atomic E-state index is 12.7. The van der Waals surface area contributed by atoms with E-state index in [-0.39, 0.29) is 11.9 Å². The van der Waals surface area contributed by atoms with Gasteiger partial charge in [0, 0.05) is 5.39 Å². The number of methoxy groups -OCH3 is 1. The number of nitrogens with zero attached hydrogens (tertiary/aromatic N) is 1. The Kier molecular flexibility index (Phi) is 4.70. The van der Waals surface area contributed by atoms with E-state index in [1.807, 2.05) is 69.3 Å². The standard InChI is InChI=1S/C21H22N2O2/c1-13-5-7-16(8-6-13)14(2)23-21(24)19-12-17-11-18(25-4)9-10-20(17)22-15(19)3/h5-12,14H,1-4H3,(H,23,24). The monoisotopic (exact) mass is 334 g/mol. The molecular formula is C21H22N2O2. The second kappa shape index (κ2) is 6.93. The van der Waals surface area contributed by atoms with Crippen molar-refractivity contribution < 1.29 is 9.53 Å². The van der Waals surface area contributed by atoms with Crippen LogP contribution in [-0.4, -0.2) is 18.0 Å². The van der Waals surface area contributed by atoms with Gasteiger partial charge in [0.25, 0.3) is 5.91 Å². The highest BCUT2D eigenvalue weighted by molar-refractivity contribution is 5.99. The second-order valence-corrected chi connectivity index (χ2v) is 6.29. The molecule has 1 heterocycles. The molecule has 0 radical (unpaired) electrons. The molecule has 0 saturated carbocycles. The van der Waals surface area contributed by atoms with Crippen molar-refractivity contribution >= 4 is 16.8 Å². The van der Waals surface area contributed by atoms with Crippen molar-refractivity contribution in [3.8, 4) is 5.75 Å². The number of carbonyl (C=O) groups is 1. The molecule has 128 valence electrons. The molecule has 25 heavy (non-hydrogen) atoms. The van der Waals surface area contributed by atoms with Gasteiger partial charge in [-0.15, -0.1) is 0 Å². The molecule has 1 N–H and O–H groups in total. The van der Waals surface area contributed by atoms with Crippen LogP contribution in [0.15, 0.2) is 48.5 Å².